The summed E-state index contributed by atoms with van der Waals surface area (Å²) in [6.45, 7) is 3.34. The Hall–Kier alpha value is -2.37. The Bertz CT molecular complexity index is 673. The standard InChI is InChI=1S/C18H23N3O3/c1-13-19-18(24-20-13)15-9-11-21(12-10-15)17(22)8-5-14-3-6-16(23-2)7-4-14/h3-4,6-7,15H,5,8-12H2,1-2H3. The molecule has 1 aliphatic rings. The van der Waals surface area contributed by atoms with Crippen molar-refractivity contribution in [3.8, 4) is 5.75 Å². The predicted molar refractivity (Wildman–Crippen MR) is 88.9 cm³/mol. The number of hydrogen-bond donors (Lipinski definition) is 0. The lowest BCUT2D eigenvalue weighted by atomic mass is 9.96. The molecule has 24 heavy (non-hydrogen) atoms. The van der Waals surface area contributed by atoms with E-state index in [1.54, 1.807) is 7.11 Å². The van der Waals surface area contributed by atoms with Gasteiger partial charge in [0, 0.05) is 25.4 Å². The van der Waals surface area contributed by atoms with E-state index in [1.165, 1.54) is 0 Å². The molecule has 1 aliphatic heterocycles. The topological polar surface area (TPSA) is 68.5 Å². The molecule has 128 valence electrons. The molecule has 6 heteroatoms. The summed E-state index contributed by atoms with van der Waals surface area (Å²) in [5.41, 5.74) is 1.15. The van der Waals surface area contributed by atoms with Gasteiger partial charge in [0.15, 0.2) is 5.82 Å². The zero-order chi connectivity index (χ0) is 16.9. The van der Waals surface area contributed by atoms with Gasteiger partial charge in [-0.2, -0.15) is 4.98 Å². The van der Waals surface area contributed by atoms with Crippen LogP contribution in [0.2, 0.25) is 0 Å². The molecule has 2 aromatic rings. The van der Waals surface area contributed by atoms with Crippen LogP contribution >= 0.6 is 0 Å². The van der Waals surface area contributed by atoms with Crippen molar-refractivity contribution in [2.45, 2.75) is 38.5 Å². The first-order valence-electron chi connectivity index (χ1n) is 8.36. The number of piperidine rings is 1. The van der Waals surface area contributed by atoms with Gasteiger partial charge in [-0.05, 0) is 43.9 Å². The number of ether oxygens (including phenoxy) is 1. The maximum absolute atomic E-state index is 12.4. The van der Waals surface area contributed by atoms with Crippen LogP contribution in [0.4, 0.5) is 0 Å². The number of carbonyl (C=O) groups is 1. The molecule has 1 saturated heterocycles. The molecule has 0 N–H and O–H groups in total. The number of hydrogen-bond acceptors (Lipinski definition) is 5. The van der Waals surface area contributed by atoms with Crippen molar-refractivity contribution in [2.24, 2.45) is 0 Å². The molecule has 0 spiro atoms. The van der Waals surface area contributed by atoms with Crippen molar-refractivity contribution in [3.05, 3.63) is 41.5 Å². The summed E-state index contributed by atoms with van der Waals surface area (Å²) < 4.78 is 10.4. The quantitative estimate of drug-likeness (QED) is 0.843. The Balaban J connectivity index is 1.46. The van der Waals surface area contributed by atoms with E-state index < -0.39 is 0 Å². The van der Waals surface area contributed by atoms with E-state index in [4.69, 9.17) is 9.26 Å². The molecule has 6 nitrogen and oxygen atoms in total. The second-order valence-corrected chi connectivity index (χ2v) is 6.18. The van der Waals surface area contributed by atoms with Gasteiger partial charge in [-0.25, -0.2) is 0 Å². The van der Waals surface area contributed by atoms with Crippen LogP contribution in [0.5, 0.6) is 5.75 Å². The largest absolute Gasteiger partial charge is 0.497 e. The summed E-state index contributed by atoms with van der Waals surface area (Å²) in [7, 11) is 1.65. The summed E-state index contributed by atoms with van der Waals surface area (Å²) in [5.74, 6) is 2.70. The van der Waals surface area contributed by atoms with Crippen molar-refractivity contribution in [1.82, 2.24) is 15.0 Å². The highest BCUT2D eigenvalue weighted by molar-refractivity contribution is 5.76. The SMILES string of the molecule is COc1ccc(CCC(=O)N2CCC(c3nc(C)no3)CC2)cc1. The minimum Gasteiger partial charge on any atom is -0.497 e. The van der Waals surface area contributed by atoms with Crippen molar-refractivity contribution >= 4 is 5.91 Å². The zero-order valence-corrected chi connectivity index (χ0v) is 14.2. The average molecular weight is 329 g/mol. The van der Waals surface area contributed by atoms with Gasteiger partial charge in [0.1, 0.15) is 5.75 Å². The normalized spacial score (nSPS) is 15.5. The number of nitrogens with zero attached hydrogens (tertiary/aromatic N) is 3. The number of likely N-dealkylation sites (tertiary alicyclic amines) is 1. The highest BCUT2D eigenvalue weighted by atomic mass is 16.5. The lowest BCUT2D eigenvalue weighted by Crippen LogP contribution is -2.38. The van der Waals surface area contributed by atoms with E-state index in [2.05, 4.69) is 10.1 Å². The Kier molecular flexibility index (Phi) is 5.13. The summed E-state index contributed by atoms with van der Waals surface area (Å²) >= 11 is 0. The molecule has 0 atom stereocenters. The van der Waals surface area contributed by atoms with E-state index in [-0.39, 0.29) is 11.8 Å². The van der Waals surface area contributed by atoms with Crippen LogP contribution in [-0.2, 0) is 11.2 Å². The maximum atomic E-state index is 12.4. The van der Waals surface area contributed by atoms with Gasteiger partial charge in [-0.1, -0.05) is 17.3 Å². The summed E-state index contributed by atoms with van der Waals surface area (Å²) in [4.78, 5) is 18.6. The second-order valence-electron chi connectivity index (χ2n) is 6.18. The smallest absolute Gasteiger partial charge is 0.229 e. The van der Waals surface area contributed by atoms with Crippen molar-refractivity contribution in [2.75, 3.05) is 20.2 Å². The van der Waals surface area contributed by atoms with Crippen molar-refractivity contribution in [3.63, 3.8) is 0 Å². The minimum atomic E-state index is 0.214. The highest BCUT2D eigenvalue weighted by Crippen LogP contribution is 2.27. The van der Waals surface area contributed by atoms with Gasteiger partial charge < -0.3 is 14.2 Å². The van der Waals surface area contributed by atoms with Crippen LogP contribution in [-0.4, -0.2) is 41.1 Å². The first kappa shape index (κ1) is 16.5. The van der Waals surface area contributed by atoms with Gasteiger partial charge in [0.05, 0.1) is 7.11 Å². The summed E-state index contributed by atoms with van der Waals surface area (Å²) in [6.07, 6.45) is 3.06. The number of benzene rings is 1. The molecule has 1 aromatic carbocycles. The monoisotopic (exact) mass is 329 g/mol. The van der Waals surface area contributed by atoms with Gasteiger partial charge in [0.25, 0.3) is 0 Å². The van der Waals surface area contributed by atoms with E-state index in [9.17, 15) is 4.79 Å². The molecule has 0 aliphatic carbocycles. The van der Waals surface area contributed by atoms with Gasteiger partial charge in [-0.15, -0.1) is 0 Å². The predicted octanol–water partition coefficient (Wildman–Crippen LogP) is 2.73. The average Bonchev–Trinajstić information content (AvgIpc) is 3.06. The van der Waals surface area contributed by atoms with Gasteiger partial charge >= 0.3 is 0 Å². The molecule has 3 rings (SSSR count). The Morgan fingerprint density at radius 3 is 2.58 bits per heavy atom. The van der Waals surface area contributed by atoms with Crippen molar-refractivity contribution in [1.29, 1.82) is 0 Å². The molecule has 0 saturated carbocycles. The molecule has 0 bridgehead atoms. The first-order valence-corrected chi connectivity index (χ1v) is 8.36. The number of carbonyl (C=O) groups excluding carboxylic acids is 1. The van der Waals surface area contributed by atoms with E-state index in [0.717, 1.165) is 43.7 Å². The fourth-order valence-corrected chi connectivity index (χ4v) is 3.06. The molecule has 1 amide bonds. The third kappa shape index (κ3) is 3.93. The number of rotatable bonds is 5. The van der Waals surface area contributed by atoms with E-state index >= 15 is 0 Å². The number of aryl methyl sites for hydroxylation is 2. The fraction of sp³-hybridized carbons (Fsp3) is 0.500. The number of aromatic nitrogens is 2. The van der Waals surface area contributed by atoms with Crippen molar-refractivity contribution < 1.29 is 14.1 Å². The first-order chi connectivity index (χ1) is 11.7. The molecular weight excluding hydrogens is 306 g/mol. The fourth-order valence-electron chi connectivity index (χ4n) is 3.06. The van der Waals surface area contributed by atoms with Gasteiger partial charge in [-0.3, -0.25) is 4.79 Å². The number of methoxy groups -OCH3 is 1. The Morgan fingerprint density at radius 2 is 2.00 bits per heavy atom. The molecular formula is C18H23N3O3. The van der Waals surface area contributed by atoms with Crippen LogP contribution in [0, 0.1) is 6.92 Å². The van der Waals surface area contributed by atoms with E-state index in [1.807, 2.05) is 36.1 Å². The van der Waals surface area contributed by atoms with Crippen LogP contribution in [0.1, 0.15) is 42.5 Å². The molecule has 1 aromatic heterocycles. The Labute approximate surface area is 141 Å². The van der Waals surface area contributed by atoms with Crippen LogP contribution in [0.3, 0.4) is 0 Å². The lowest BCUT2D eigenvalue weighted by molar-refractivity contribution is -0.132. The van der Waals surface area contributed by atoms with Crippen LogP contribution in [0.15, 0.2) is 28.8 Å². The zero-order valence-electron chi connectivity index (χ0n) is 14.2. The van der Waals surface area contributed by atoms with Gasteiger partial charge in [0.2, 0.25) is 11.8 Å². The summed E-state index contributed by atoms with van der Waals surface area (Å²) in [6, 6.07) is 7.88. The molecule has 0 radical (unpaired) electrons. The van der Waals surface area contributed by atoms with E-state index in [0.29, 0.717) is 18.1 Å². The maximum Gasteiger partial charge on any atom is 0.229 e. The van der Waals surface area contributed by atoms with Crippen LogP contribution in [0.25, 0.3) is 0 Å². The molecule has 2 heterocycles. The highest BCUT2D eigenvalue weighted by Gasteiger charge is 2.26. The molecule has 0 unspecified atom stereocenters. The number of amides is 1. The third-order valence-corrected chi connectivity index (χ3v) is 4.53. The molecule has 1 fully saturated rings. The third-order valence-electron chi connectivity index (χ3n) is 4.53. The lowest BCUT2D eigenvalue weighted by Gasteiger charge is -2.30. The second kappa shape index (κ2) is 7.47. The minimum absolute atomic E-state index is 0.214. The van der Waals surface area contributed by atoms with Crippen LogP contribution < -0.4 is 4.74 Å². The summed E-state index contributed by atoms with van der Waals surface area (Å²) in [5, 5.41) is 3.85. The Morgan fingerprint density at radius 1 is 1.29 bits per heavy atom.